The Bertz CT molecular complexity index is 1630. The highest BCUT2D eigenvalue weighted by Crippen LogP contribution is 2.39. The molecule has 232 valence electrons. The quantitative estimate of drug-likeness (QED) is 0.292. The molecule has 0 saturated carbocycles. The van der Waals surface area contributed by atoms with E-state index in [2.05, 4.69) is 49.2 Å². The molecule has 0 spiro atoms. The summed E-state index contributed by atoms with van der Waals surface area (Å²) in [7, 11) is 0. The number of anilines is 4. The number of fused-ring (bicyclic) bond motifs is 2. The average molecular weight is 605 g/mol. The second kappa shape index (κ2) is 12.6. The number of para-hydroxylation sites is 1. The summed E-state index contributed by atoms with van der Waals surface area (Å²) in [5.41, 5.74) is 19.4. The lowest BCUT2D eigenvalue weighted by Gasteiger charge is -2.43. The van der Waals surface area contributed by atoms with Crippen LogP contribution in [0.25, 0.3) is 11.3 Å². The first-order valence-electron chi connectivity index (χ1n) is 15.8. The molecule has 2 atom stereocenters. The number of amides is 1. The van der Waals surface area contributed by atoms with Crippen LogP contribution in [0.15, 0.2) is 84.9 Å². The van der Waals surface area contributed by atoms with Gasteiger partial charge in [0.1, 0.15) is 6.61 Å². The van der Waals surface area contributed by atoms with Crippen LogP contribution in [-0.4, -0.2) is 77.4 Å². The number of nitrogen functional groups attached to an aromatic ring is 2. The molecule has 4 N–H and O–H groups in total. The monoisotopic (exact) mass is 604 g/mol. The van der Waals surface area contributed by atoms with E-state index in [1.165, 1.54) is 11.3 Å². The van der Waals surface area contributed by atoms with Crippen molar-refractivity contribution in [2.45, 2.75) is 38.1 Å². The highest BCUT2D eigenvalue weighted by Gasteiger charge is 2.40. The van der Waals surface area contributed by atoms with Crippen LogP contribution in [0.1, 0.15) is 24.0 Å². The second-order valence-electron chi connectivity index (χ2n) is 12.3. The number of rotatable bonds is 7. The minimum absolute atomic E-state index is 0.236. The molecule has 3 aliphatic rings. The Morgan fingerprint density at radius 3 is 2.27 bits per heavy atom. The molecule has 4 heterocycles. The minimum atomic E-state index is -0.236. The smallest absolute Gasteiger partial charge is 0.410 e. The first-order chi connectivity index (χ1) is 22.0. The van der Waals surface area contributed by atoms with Gasteiger partial charge in [-0.3, -0.25) is 4.90 Å². The summed E-state index contributed by atoms with van der Waals surface area (Å²) in [6, 6.07) is 29.3. The lowest BCUT2D eigenvalue weighted by Crippen LogP contribution is -2.54. The number of nitrogens with zero attached hydrogens (tertiary/aromatic N) is 6. The van der Waals surface area contributed by atoms with Crippen LogP contribution in [0.4, 0.5) is 27.7 Å². The predicted octanol–water partition coefficient (Wildman–Crippen LogP) is 4.62. The molecule has 10 nitrogen and oxygen atoms in total. The van der Waals surface area contributed by atoms with Crippen molar-refractivity contribution in [3.8, 4) is 11.3 Å². The van der Waals surface area contributed by atoms with E-state index in [1.54, 1.807) is 0 Å². The van der Waals surface area contributed by atoms with Crippen molar-refractivity contribution in [1.29, 1.82) is 0 Å². The maximum atomic E-state index is 12.6. The lowest BCUT2D eigenvalue weighted by molar-refractivity contribution is 0.0700. The molecule has 3 aliphatic heterocycles. The normalized spacial score (nSPS) is 20.0. The number of hydrogen-bond donors (Lipinski definition) is 2. The second-order valence-corrected chi connectivity index (χ2v) is 12.3. The third-order valence-electron chi connectivity index (χ3n) is 9.31. The van der Waals surface area contributed by atoms with Gasteiger partial charge in [0, 0.05) is 74.8 Å². The van der Waals surface area contributed by atoms with E-state index in [-0.39, 0.29) is 6.09 Å². The van der Waals surface area contributed by atoms with Crippen LogP contribution in [0, 0.1) is 0 Å². The summed E-state index contributed by atoms with van der Waals surface area (Å²) in [4.78, 5) is 21.8. The molecule has 1 amide bonds. The van der Waals surface area contributed by atoms with Gasteiger partial charge in [-0.15, -0.1) is 10.2 Å². The number of piperazine rings is 2. The Hall–Kier alpha value is -4.83. The first kappa shape index (κ1) is 28.9. The molecule has 45 heavy (non-hydrogen) atoms. The van der Waals surface area contributed by atoms with Gasteiger partial charge in [-0.05, 0) is 48.2 Å². The van der Waals surface area contributed by atoms with Crippen molar-refractivity contribution >= 4 is 29.0 Å². The molecule has 7 rings (SSSR count). The Balaban J connectivity index is 0.968. The summed E-state index contributed by atoms with van der Waals surface area (Å²) >= 11 is 0. The van der Waals surface area contributed by atoms with Gasteiger partial charge in [0.25, 0.3) is 0 Å². The number of aromatic nitrogens is 2. The fourth-order valence-electron chi connectivity index (χ4n) is 7.00. The Kier molecular flexibility index (Phi) is 8.13. The third kappa shape index (κ3) is 6.23. The number of benzene rings is 3. The standard InChI is InChI=1S/C35H40N8O2/c36-31-12-5-4-11-30(31)32-20-33(34(37)39-38-32)42-22-28-13-14-29(23-42)43(28)27-10-6-9-26(19-27)21-40-15-17-41(18-16-40)35(44)45-24-25-7-2-1-3-8-25/h1-12,19-20,28-29H,13-18,21-24,36H2,(H2,37,39). The van der Waals surface area contributed by atoms with Gasteiger partial charge in [0.2, 0.25) is 0 Å². The van der Waals surface area contributed by atoms with Gasteiger partial charge in [0.05, 0.1) is 11.4 Å². The number of hydrogen-bond acceptors (Lipinski definition) is 9. The number of nitrogens with two attached hydrogens (primary N) is 2. The van der Waals surface area contributed by atoms with E-state index < -0.39 is 0 Å². The van der Waals surface area contributed by atoms with Gasteiger partial charge in [-0.2, -0.15) is 0 Å². The molecule has 0 aliphatic carbocycles. The SMILES string of the molecule is Nc1ccccc1-c1cc(N2CC3CCC(C2)N3c2cccc(CN3CCN(C(=O)OCc4ccccc4)CC3)c2)c(N)nn1. The largest absolute Gasteiger partial charge is 0.445 e. The Morgan fingerprint density at radius 2 is 1.51 bits per heavy atom. The fourth-order valence-corrected chi connectivity index (χ4v) is 7.00. The lowest BCUT2D eigenvalue weighted by atomic mass is 10.1. The van der Waals surface area contributed by atoms with Crippen LogP contribution >= 0.6 is 0 Å². The predicted molar refractivity (Wildman–Crippen MR) is 178 cm³/mol. The Labute approximate surface area is 264 Å². The zero-order valence-electron chi connectivity index (χ0n) is 25.5. The molecule has 3 fully saturated rings. The van der Waals surface area contributed by atoms with E-state index in [1.807, 2.05) is 65.6 Å². The summed E-state index contributed by atoms with van der Waals surface area (Å²) in [5.74, 6) is 0.452. The van der Waals surface area contributed by atoms with Crippen LogP contribution in [0.5, 0.6) is 0 Å². The van der Waals surface area contributed by atoms with Crippen molar-refractivity contribution in [3.63, 3.8) is 0 Å². The fraction of sp³-hybridized carbons (Fsp3) is 0.343. The average Bonchev–Trinajstić information content (AvgIpc) is 3.34. The Morgan fingerprint density at radius 1 is 0.800 bits per heavy atom. The molecular formula is C35H40N8O2. The first-order valence-corrected chi connectivity index (χ1v) is 15.8. The van der Waals surface area contributed by atoms with Crippen LogP contribution in [0.3, 0.4) is 0 Å². The van der Waals surface area contributed by atoms with Gasteiger partial charge >= 0.3 is 6.09 Å². The molecule has 2 unspecified atom stereocenters. The topological polar surface area (TPSA) is 117 Å². The van der Waals surface area contributed by atoms with Gasteiger partial charge < -0.3 is 30.9 Å². The van der Waals surface area contributed by atoms with E-state index >= 15 is 0 Å². The minimum Gasteiger partial charge on any atom is -0.445 e. The number of carbonyl (C=O) groups is 1. The summed E-state index contributed by atoms with van der Waals surface area (Å²) in [6.07, 6.45) is 2.05. The van der Waals surface area contributed by atoms with Gasteiger partial charge in [-0.25, -0.2) is 4.79 Å². The van der Waals surface area contributed by atoms with Crippen LogP contribution in [-0.2, 0) is 17.9 Å². The molecule has 2 bridgehead atoms. The maximum Gasteiger partial charge on any atom is 0.410 e. The molecule has 1 aromatic heterocycles. The zero-order chi connectivity index (χ0) is 30.8. The maximum absolute atomic E-state index is 12.6. The zero-order valence-corrected chi connectivity index (χ0v) is 25.5. The molecular weight excluding hydrogens is 564 g/mol. The van der Waals surface area contributed by atoms with Crippen LogP contribution < -0.4 is 21.3 Å². The van der Waals surface area contributed by atoms with Crippen molar-refractivity contribution in [3.05, 3.63) is 96.1 Å². The molecule has 4 aromatic rings. The number of ether oxygens (including phenoxy) is 1. The van der Waals surface area contributed by atoms with E-state index in [9.17, 15) is 4.79 Å². The molecule has 3 aromatic carbocycles. The van der Waals surface area contributed by atoms with Gasteiger partial charge in [0.15, 0.2) is 5.82 Å². The molecule has 3 saturated heterocycles. The van der Waals surface area contributed by atoms with Crippen LogP contribution in [0.2, 0.25) is 0 Å². The van der Waals surface area contributed by atoms with Crippen molar-refractivity contribution < 1.29 is 9.53 Å². The van der Waals surface area contributed by atoms with E-state index in [0.29, 0.717) is 43.3 Å². The van der Waals surface area contributed by atoms with Crippen molar-refractivity contribution in [2.24, 2.45) is 0 Å². The highest BCUT2D eigenvalue weighted by molar-refractivity contribution is 5.78. The third-order valence-corrected chi connectivity index (χ3v) is 9.31. The highest BCUT2D eigenvalue weighted by atomic mass is 16.6. The van der Waals surface area contributed by atoms with Crippen molar-refractivity contribution in [1.82, 2.24) is 20.0 Å². The van der Waals surface area contributed by atoms with Gasteiger partial charge in [-0.1, -0.05) is 60.7 Å². The molecule has 10 heteroatoms. The molecule has 0 radical (unpaired) electrons. The summed E-state index contributed by atoms with van der Waals surface area (Å²) < 4.78 is 5.54. The van der Waals surface area contributed by atoms with E-state index in [0.717, 1.165) is 68.1 Å². The van der Waals surface area contributed by atoms with Crippen molar-refractivity contribution in [2.75, 3.05) is 60.5 Å². The summed E-state index contributed by atoms with van der Waals surface area (Å²) in [5, 5.41) is 8.66. The van der Waals surface area contributed by atoms with E-state index in [4.69, 9.17) is 16.2 Å². The number of carbonyl (C=O) groups excluding carboxylic acids is 1. The summed E-state index contributed by atoms with van der Waals surface area (Å²) in [6.45, 7) is 5.92.